The van der Waals surface area contributed by atoms with Crippen molar-refractivity contribution in [3.63, 3.8) is 0 Å². The summed E-state index contributed by atoms with van der Waals surface area (Å²) in [6.07, 6.45) is 5.59. The Morgan fingerprint density at radius 3 is 3.10 bits per heavy atom. The molecule has 1 atom stereocenters. The number of pyridine rings is 1. The van der Waals surface area contributed by atoms with Crippen LogP contribution < -0.4 is 10.1 Å². The molecule has 2 heterocycles. The molecule has 0 radical (unpaired) electrons. The summed E-state index contributed by atoms with van der Waals surface area (Å²) in [5, 5.41) is 3.39. The first-order chi connectivity index (χ1) is 9.76. The maximum absolute atomic E-state index is 12.6. The summed E-state index contributed by atoms with van der Waals surface area (Å²) in [7, 11) is 1.56. The Labute approximate surface area is 120 Å². The molecule has 1 unspecified atom stereocenters. The van der Waals surface area contributed by atoms with E-state index in [9.17, 15) is 4.79 Å². The number of nitrogens with zero attached hydrogens (tertiary/aromatic N) is 2. The van der Waals surface area contributed by atoms with E-state index in [1.54, 1.807) is 25.6 Å². The van der Waals surface area contributed by atoms with Gasteiger partial charge in [0.15, 0.2) is 0 Å². The lowest BCUT2D eigenvalue weighted by Gasteiger charge is -2.29. The smallest absolute Gasteiger partial charge is 0.257 e. The van der Waals surface area contributed by atoms with Crippen LogP contribution in [0.15, 0.2) is 18.5 Å². The first-order valence-corrected chi connectivity index (χ1v) is 7.24. The molecule has 2 rings (SSSR count). The van der Waals surface area contributed by atoms with Gasteiger partial charge >= 0.3 is 0 Å². The predicted molar refractivity (Wildman–Crippen MR) is 78.0 cm³/mol. The van der Waals surface area contributed by atoms with Crippen molar-refractivity contribution in [1.29, 1.82) is 0 Å². The van der Waals surface area contributed by atoms with Gasteiger partial charge in [0.05, 0.1) is 18.9 Å². The summed E-state index contributed by atoms with van der Waals surface area (Å²) < 4.78 is 5.23. The summed E-state index contributed by atoms with van der Waals surface area (Å²) in [4.78, 5) is 18.5. The molecule has 110 valence electrons. The molecule has 0 aromatic carbocycles. The van der Waals surface area contributed by atoms with Crippen LogP contribution in [0.25, 0.3) is 0 Å². The van der Waals surface area contributed by atoms with Crippen LogP contribution in [-0.2, 0) is 0 Å². The maximum atomic E-state index is 12.6. The maximum Gasteiger partial charge on any atom is 0.257 e. The first-order valence-electron chi connectivity index (χ1n) is 7.24. The quantitative estimate of drug-likeness (QED) is 0.887. The summed E-state index contributed by atoms with van der Waals surface area (Å²) in [5.74, 6) is 1.11. The van der Waals surface area contributed by atoms with E-state index in [0.29, 0.717) is 23.8 Å². The Morgan fingerprint density at radius 2 is 2.45 bits per heavy atom. The molecule has 20 heavy (non-hydrogen) atoms. The highest BCUT2D eigenvalue weighted by atomic mass is 16.5. The van der Waals surface area contributed by atoms with Gasteiger partial charge in [0.25, 0.3) is 5.91 Å². The highest BCUT2D eigenvalue weighted by Gasteiger charge is 2.22. The molecule has 0 aliphatic carbocycles. The van der Waals surface area contributed by atoms with E-state index in [-0.39, 0.29) is 5.91 Å². The molecule has 1 aliphatic rings. The number of carbonyl (C=O) groups excluding carboxylic acids is 1. The minimum Gasteiger partial charge on any atom is -0.494 e. The first kappa shape index (κ1) is 14.8. The Kier molecular flexibility index (Phi) is 5.35. The van der Waals surface area contributed by atoms with Gasteiger partial charge in [-0.2, -0.15) is 0 Å². The van der Waals surface area contributed by atoms with Crippen LogP contribution >= 0.6 is 0 Å². The van der Waals surface area contributed by atoms with Crippen molar-refractivity contribution >= 4 is 5.91 Å². The Hall–Kier alpha value is -1.62. The zero-order chi connectivity index (χ0) is 14.4. The summed E-state index contributed by atoms with van der Waals surface area (Å²) in [5.41, 5.74) is 0.591. The van der Waals surface area contributed by atoms with E-state index in [2.05, 4.69) is 10.3 Å². The molecule has 1 aromatic heterocycles. The van der Waals surface area contributed by atoms with Gasteiger partial charge < -0.3 is 15.0 Å². The standard InChI is InChI=1S/C15H23N3O2/c1-3-18(11-12-5-4-7-16-9-12)15(19)13-6-8-17-10-14(13)20-2/h6,8,10,12,16H,3-5,7,9,11H2,1-2H3. The second-order valence-electron chi connectivity index (χ2n) is 5.13. The van der Waals surface area contributed by atoms with Gasteiger partial charge in [0.2, 0.25) is 0 Å². The third-order valence-electron chi connectivity index (χ3n) is 3.78. The fourth-order valence-electron chi connectivity index (χ4n) is 2.64. The van der Waals surface area contributed by atoms with Crippen molar-refractivity contribution in [2.45, 2.75) is 19.8 Å². The van der Waals surface area contributed by atoms with Crippen molar-refractivity contribution in [2.24, 2.45) is 5.92 Å². The average molecular weight is 277 g/mol. The third kappa shape index (κ3) is 3.48. The highest BCUT2D eigenvalue weighted by Crippen LogP contribution is 2.19. The second-order valence-corrected chi connectivity index (χ2v) is 5.13. The van der Waals surface area contributed by atoms with Crippen LogP contribution in [0.1, 0.15) is 30.1 Å². The van der Waals surface area contributed by atoms with Crippen LogP contribution in [0.4, 0.5) is 0 Å². The Bertz CT molecular complexity index is 444. The number of rotatable bonds is 5. The van der Waals surface area contributed by atoms with E-state index < -0.39 is 0 Å². The number of aromatic nitrogens is 1. The van der Waals surface area contributed by atoms with Gasteiger partial charge in [-0.3, -0.25) is 9.78 Å². The van der Waals surface area contributed by atoms with Crippen molar-refractivity contribution in [3.05, 3.63) is 24.0 Å². The lowest BCUT2D eigenvalue weighted by atomic mass is 9.99. The molecular formula is C15H23N3O2. The Morgan fingerprint density at radius 1 is 1.60 bits per heavy atom. The fraction of sp³-hybridized carbons (Fsp3) is 0.600. The normalized spacial score (nSPS) is 18.6. The van der Waals surface area contributed by atoms with Gasteiger partial charge in [-0.05, 0) is 44.8 Å². The zero-order valence-corrected chi connectivity index (χ0v) is 12.3. The molecule has 1 amide bonds. The molecule has 1 aromatic rings. The third-order valence-corrected chi connectivity index (χ3v) is 3.78. The van der Waals surface area contributed by atoms with E-state index in [1.165, 1.54) is 12.8 Å². The molecule has 0 bridgehead atoms. The minimum atomic E-state index is 0.0253. The number of carbonyl (C=O) groups is 1. The van der Waals surface area contributed by atoms with Crippen LogP contribution in [0.3, 0.4) is 0 Å². The number of methoxy groups -OCH3 is 1. The molecule has 1 N–H and O–H groups in total. The summed E-state index contributed by atoms with van der Waals surface area (Å²) in [6, 6.07) is 1.73. The largest absolute Gasteiger partial charge is 0.494 e. The van der Waals surface area contributed by atoms with Gasteiger partial charge in [-0.15, -0.1) is 0 Å². The number of ether oxygens (including phenoxy) is 1. The topological polar surface area (TPSA) is 54.5 Å². The zero-order valence-electron chi connectivity index (χ0n) is 12.3. The highest BCUT2D eigenvalue weighted by molar-refractivity contribution is 5.96. The molecule has 5 nitrogen and oxygen atoms in total. The lowest BCUT2D eigenvalue weighted by molar-refractivity contribution is 0.0725. The van der Waals surface area contributed by atoms with Gasteiger partial charge in [-0.1, -0.05) is 0 Å². The van der Waals surface area contributed by atoms with Crippen molar-refractivity contribution < 1.29 is 9.53 Å². The number of hydrogen-bond acceptors (Lipinski definition) is 4. The Balaban J connectivity index is 2.07. The van der Waals surface area contributed by atoms with E-state index in [1.807, 2.05) is 11.8 Å². The van der Waals surface area contributed by atoms with Gasteiger partial charge in [-0.25, -0.2) is 0 Å². The van der Waals surface area contributed by atoms with Crippen molar-refractivity contribution in [2.75, 3.05) is 33.3 Å². The number of piperidine rings is 1. The van der Waals surface area contributed by atoms with Crippen LogP contribution in [0.5, 0.6) is 5.75 Å². The fourth-order valence-corrected chi connectivity index (χ4v) is 2.64. The average Bonchev–Trinajstić information content (AvgIpc) is 2.53. The van der Waals surface area contributed by atoms with Gasteiger partial charge in [0, 0.05) is 19.3 Å². The second kappa shape index (κ2) is 7.24. The summed E-state index contributed by atoms with van der Waals surface area (Å²) in [6.45, 7) is 5.61. The van der Waals surface area contributed by atoms with Crippen molar-refractivity contribution in [3.8, 4) is 5.75 Å². The van der Waals surface area contributed by atoms with E-state index in [4.69, 9.17) is 4.74 Å². The monoisotopic (exact) mass is 277 g/mol. The molecule has 0 spiro atoms. The van der Waals surface area contributed by atoms with E-state index >= 15 is 0 Å². The lowest BCUT2D eigenvalue weighted by Crippen LogP contribution is -2.41. The number of hydrogen-bond donors (Lipinski definition) is 1. The molecule has 5 heteroatoms. The molecular weight excluding hydrogens is 254 g/mol. The number of nitrogens with one attached hydrogen (secondary N) is 1. The summed E-state index contributed by atoms with van der Waals surface area (Å²) >= 11 is 0. The van der Waals surface area contributed by atoms with Crippen LogP contribution in [0.2, 0.25) is 0 Å². The van der Waals surface area contributed by atoms with E-state index in [0.717, 1.165) is 19.6 Å². The van der Waals surface area contributed by atoms with Gasteiger partial charge in [0.1, 0.15) is 5.75 Å². The molecule has 1 aliphatic heterocycles. The van der Waals surface area contributed by atoms with Crippen LogP contribution in [0, 0.1) is 5.92 Å². The van der Waals surface area contributed by atoms with Crippen molar-refractivity contribution in [1.82, 2.24) is 15.2 Å². The molecule has 1 fully saturated rings. The minimum absolute atomic E-state index is 0.0253. The molecule has 0 saturated carbocycles. The van der Waals surface area contributed by atoms with Crippen LogP contribution in [-0.4, -0.2) is 49.1 Å². The predicted octanol–water partition coefficient (Wildman–Crippen LogP) is 1.55. The number of amides is 1. The molecule has 1 saturated heterocycles. The SMILES string of the molecule is CCN(CC1CCCNC1)C(=O)c1ccncc1OC.